The van der Waals surface area contributed by atoms with Crippen LogP contribution >= 0.6 is 0 Å². The molecule has 0 aromatic heterocycles. The maximum absolute atomic E-state index is 9.99. The highest BCUT2D eigenvalue weighted by Crippen LogP contribution is 1.92. The van der Waals surface area contributed by atoms with E-state index >= 15 is 0 Å². The lowest BCUT2D eigenvalue weighted by atomic mass is 9.91. The molecule has 0 fully saturated rings. The Balaban J connectivity index is 4.14. The highest BCUT2D eigenvalue weighted by Gasteiger charge is 2.37. The summed E-state index contributed by atoms with van der Waals surface area (Å²) in [5.74, 6) is -1.85. The summed E-state index contributed by atoms with van der Waals surface area (Å²) >= 11 is 0. The van der Waals surface area contributed by atoms with Crippen molar-refractivity contribution in [2.75, 3.05) is 0 Å². The lowest BCUT2D eigenvalue weighted by Crippen LogP contribution is -2.35. The van der Waals surface area contributed by atoms with Gasteiger partial charge in [-0.1, -0.05) is 0 Å². The smallest absolute Gasteiger partial charge is 0.482 e. The van der Waals surface area contributed by atoms with E-state index in [1.807, 2.05) is 0 Å². The molecule has 12 heavy (non-hydrogen) atoms. The summed E-state index contributed by atoms with van der Waals surface area (Å²) in [6, 6.07) is 0. The van der Waals surface area contributed by atoms with Crippen molar-refractivity contribution < 1.29 is 39.0 Å². The number of hydrogen-bond acceptors (Lipinski definition) is 5. The molecule has 0 aliphatic heterocycles. The van der Waals surface area contributed by atoms with Gasteiger partial charge in [-0.25, -0.2) is 9.59 Å². The molecule has 3 N–H and O–H groups in total. The van der Waals surface area contributed by atoms with Gasteiger partial charge < -0.3 is 24.6 Å². The van der Waals surface area contributed by atoms with E-state index in [4.69, 9.17) is 15.3 Å². The zero-order valence-corrected chi connectivity index (χ0v) is 5.46. The molecule has 0 aliphatic rings. The molecule has 0 aliphatic carbocycles. The van der Waals surface area contributed by atoms with Crippen molar-refractivity contribution in [3.05, 3.63) is 0 Å². The second kappa shape index (κ2) is 4.06. The van der Waals surface area contributed by atoms with E-state index < -0.39 is 25.3 Å². The zero-order chi connectivity index (χ0) is 9.72. The van der Waals surface area contributed by atoms with Crippen LogP contribution < -0.4 is 0 Å². The van der Waals surface area contributed by atoms with Gasteiger partial charge in [0.1, 0.15) is 0 Å². The molecular weight excluding hydrogens is 175 g/mol. The van der Waals surface area contributed by atoms with Gasteiger partial charge in [-0.2, -0.15) is 0 Å². The third kappa shape index (κ3) is 3.98. The zero-order valence-electron chi connectivity index (χ0n) is 5.46. The van der Waals surface area contributed by atoms with Crippen molar-refractivity contribution in [3.63, 3.8) is 0 Å². The second-order valence-corrected chi connectivity index (χ2v) is 1.44. The number of carboxylic acid groups (broad SMARTS) is 3. The Morgan fingerprint density at radius 2 is 1.25 bits per heavy atom. The molecule has 0 saturated heterocycles. The molecule has 0 unspecified atom stereocenters. The molecule has 0 amide bonds. The predicted molar refractivity (Wildman–Crippen MR) is 32.0 cm³/mol. The minimum Gasteiger partial charge on any atom is -0.482 e. The number of rotatable bonds is 3. The highest BCUT2D eigenvalue weighted by atomic mass is 16.7. The van der Waals surface area contributed by atoms with E-state index in [2.05, 4.69) is 9.31 Å². The summed E-state index contributed by atoms with van der Waals surface area (Å²) in [7, 11) is -2.35. The van der Waals surface area contributed by atoms with E-state index in [0.29, 0.717) is 0 Å². The first-order chi connectivity index (χ1) is 5.43. The molecule has 0 aromatic rings. The van der Waals surface area contributed by atoms with E-state index in [-0.39, 0.29) is 0 Å². The molecule has 0 spiro atoms. The van der Waals surface area contributed by atoms with Crippen LogP contribution in [0, 0.1) is 0 Å². The lowest BCUT2D eigenvalue weighted by molar-refractivity contribution is 0.111. The summed E-state index contributed by atoms with van der Waals surface area (Å²) < 4.78 is 7.07. The third-order valence-electron chi connectivity index (χ3n) is 0.617. The molecule has 8 nitrogen and oxygen atoms in total. The Labute approximate surface area is 65.5 Å². The van der Waals surface area contributed by atoms with Crippen molar-refractivity contribution in [1.29, 1.82) is 0 Å². The minimum atomic E-state index is -2.35. The molecule has 9 heteroatoms. The molecule has 0 atom stereocenters. The van der Waals surface area contributed by atoms with Crippen LogP contribution in [0.3, 0.4) is 0 Å². The molecule has 0 heterocycles. The first-order valence-electron chi connectivity index (χ1n) is 2.45. The van der Waals surface area contributed by atoms with Crippen molar-refractivity contribution in [1.82, 2.24) is 0 Å². The monoisotopic (exact) mass is 178 g/mol. The molecule has 0 saturated carbocycles. The van der Waals surface area contributed by atoms with Crippen LogP contribution in [0.4, 0.5) is 14.4 Å². The average molecular weight is 178 g/mol. The van der Waals surface area contributed by atoms with Crippen LogP contribution in [-0.4, -0.2) is 40.6 Å². The Bertz CT molecular complexity index is 194. The lowest BCUT2D eigenvalue weighted by Gasteiger charge is -2.03. The standard InChI is InChI=1S/C3H3BO8/c5-1(6)4(11-2(7)8)12-3(9)10/h(H,5,6)(H,7,8)(H,9,10). The van der Waals surface area contributed by atoms with Gasteiger partial charge in [0.15, 0.2) is 0 Å². The van der Waals surface area contributed by atoms with Crippen LogP contribution in [0.1, 0.15) is 0 Å². The van der Waals surface area contributed by atoms with Gasteiger partial charge in [-0.05, 0) is 0 Å². The van der Waals surface area contributed by atoms with E-state index in [1.165, 1.54) is 0 Å². The first kappa shape index (κ1) is 10.1. The molecule has 0 bridgehead atoms. The Morgan fingerprint density at radius 3 is 1.42 bits per heavy atom. The summed E-state index contributed by atoms with van der Waals surface area (Å²) in [6.45, 7) is 0. The number of carbonyl (C=O) groups is 3. The van der Waals surface area contributed by atoms with Crippen LogP contribution in [-0.2, 0) is 9.31 Å². The fraction of sp³-hybridized carbons (Fsp3) is 0. The summed E-state index contributed by atoms with van der Waals surface area (Å²) in [5.41, 5.74) is 0. The quantitative estimate of drug-likeness (QED) is 0.519. The van der Waals surface area contributed by atoms with Gasteiger partial charge in [-0.15, -0.1) is 0 Å². The van der Waals surface area contributed by atoms with Gasteiger partial charge >= 0.3 is 25.3 Å². The second-order valence-electron chi connectivity index (χ2n) is 1.44. The topological polar surface area (TPSA) is 130 Å². The SMILES string of the molecule is O=C(O)OB(OC(=O)O)C(=O)O. The minimum absolute atomic E-state index is 1.85. The van der Waals surface area contributed by atoms with Crippen molar-refractivity contribution in [2.24, 2.45) is 0 Å². The summed E-state index contributed by atoms with van der Waals surface area (Å²) in [5, 5.41) is 23.9. The third-order valence-corrected chi connectivity index (χ3v) is 0.617. The van der Waals surface area contributed by atoms with Crippen LogP contribution in [0.15, 0.2) is 0 Å². The van der Waals surface area contributed by atoms with Crippen molar-refractivity contribution in [3.8, 4) is 0 Å². The Morgan fingerprint density at radius 1 is 0.917 bits per heavy atom. The van der Waals surface area contributed by atoms with Gasteiger partial charge in [-0.3, -0.25) is 4.79 Å². The Kier molecular flexibility index (Phi) is 3.41. The van der Waals surface area contributed by atoms with Crippen molar-refractivity contribution >= 4 is 25.3 Å². The van der Waals surface area contributed by atoms with Crippen LogP contribution in [0.25, 0.3) is 0 Å². The molecular formula is C3H3BO8. The molecule has 0 aromatic carbocycles. The summed E-state index contributed by atoms with van der Waals surface area (Å²) in [4.78, 5) is 29.5. The van der Waals surface area contributed by atoms with Gasteiger partial charge in [0, 0.05) is 0 Å². The largest absolute Gasteiger partial charge is 0.725 e. The highest BCUT2D eigenvalue weighted by molar-refractivity contribution is 6.80. The van der Waals surface area contributed by atoms with Crippen LogP contribution in [0.2, 0.25) is 0 Å². The fourth-order valence-electron chi connectivity index (χ4n) is 0.308. The predicted octanol–water partition coefficient (Wildman–Crippen LogP) is 0.123. The molecule has 0 rings (SSSR count). The maximum atomic E-state index is 9.99. The van der Waals surface area contributed by atoms with Crippen molar-refractivity contribution in [2.45, 2.75) is 0 Å². The molecule has 66 valence electrons. The van der Waals surface area contributed by atoms with Gasteiger partial charge in [0.2, 0.25) is 0 Å². The van der Waals surface area contributed by atoms with E-state index in [9.17, 15) is 14.4 Å². The van der Waals surface area contributed by atoms with Crippen LogP contribution in [0.5, 0.6) is 0 Å². The average Bonchev–Trinajstić information content (AvgIpc) is 1.83. The fourth-order valence-corrected chi connectivity index (χ4v) is 0.308. The first-order valence-corrected chi connectivity index (χ1v) is 2.45. The Hall–Kier alpha value is -1.93. The normalized spacial score (nSPS) is 8.33. The van der Waals surface area contributed by atoms with E-state index in [1.54, 1.807) is 0 Å². The molecule has 0 radical (unpaired) electrons. The maximum Gasteiger partial charge on any atom is 0.725 e. The van der Waals surface area contributed by atoms with Gasteiger partial charge in [0.05, 0.1) is 0 Å². The van der Waals surface area contributed by atoms with E-state index in [0.717, 1.165) is 0 Å². The number of hydrogen-bond donors (Lipinski definition) is 3. The van der Waals surface area contributed by atoms with Gasteiger partial charge in [0.25, 0.3) is 0 Å². The summed E-state index contributed by atoms with van der Waals surface area (Å²) in [6.07, 6.45) is -3.88.